The van der Waals surface area contributed by atoms with Crippen molar-refractivity contribution >= 4 is 23.5 Å². The second kappa shape index (κ2) is 6.32. The van der Waals surface area contributed by atoms with Gasteiger partial charge in [-0.05, 0) is 42.7 Å². The number of hydrogen-bond donors (Lipinski definition) is 0. The number of hydrogen-bond acceptors (Lipinski definition) is 3. The largest absolute Gasteiger partial charge is 0.299 e. The van der Waals surface area contributed by atoms with Gasteiger partial charge in [0, 0.05) is 11.6 Å². The van der Waals surface area contributed by atoms with Crippen molar-refractivity contribution in [1.82, 2.24) is 4.90 Å². The van der Waals surface area contributed by atoms with E-state index in [4.69, 9.17) is 0 Å². The summed E-state index contributed by atoms with van der Waals surface area (Å²) >= 11 is 1.55. The van der Waals surface area contributed by atoms with Gasteiger partial charge in [0.25, 0.3) is 0 Å². The smallest absolute Gasteiger partial charge is 0.238 e. The first-order valence-corrected chi connectivity index (χ1v) is 8.63. The summed E-state index contributed by atoms with van der Waals surface area (Å²) in [6, 6.07) is 6.29. The molecular formula is C18H18FNO2S. The highest BCUT2D eigenvalue weighted by molar-refractivity contribution is 8.00. The lowest BCUT2D eigenvalue weighted by atomic mass is 9.90. The Morgan fingerprint density at radius 3 is 2.57 bits per heavy atom. The van der Waals surface area contributed by atoms with Crippen molar-refractivity contribution in [3.05, 3.63) is 59.1 Å². The number of ketones is 1. The molecule has 1 aromatic carbocycles. The fourth-order valence-corrected chi connectivity index (χ4v) is 4.19. The molecule has 0 bridgehead atoms. The summed E-state index contributed by atoms with van der Waals surface area (Å²) in [6.07, 6.45) is 4.34. The molecular weight excluding hydrogens is 313 g/mol. The number of thioether (sulfide) groups is 1. The first-order chi connectivity index (χ1) is 11.0. The van der Waals surface area contributed by atoms with E-state index in [1.807, 2.05) is 19.1 Å². The van der Waals surface area contributed by atoms with Crippen molar-refractivity contribution in [1.29, 1.82) is 0 Å². The van der Waals surface area contributed by atoms with Crippen LogP contribution in [0.5, 0.6) is 0 Å². The SMILES string of the molecule is CC(=O)C1=CC=C(N2C(=O)CSC2c2ccc(F)cc2)C(C)C1. The standard InChI is InChI=1S/C18H18FNO2S/c1-11-9-14(12(2)21)5-8-16(11)20-17(22)10-23-18(20)13-3-6-15(19)7-4-13/h3-8,11,18H,9-10H2,1-2H3. The maximum Gasteiger partial charge on any atom is 0.238 e. The fraction of sp³-hybridized carbons (Fsp3) is 0.333. The van der Waals surface area contributed by atoms with Crippen LogP contribution in [0.25, 0.3) is 0 Å². The van der Waals surface area contributed by atoms with Crippen molar-refractivity contribution in [2.24, 2.45) is 5.92 Å². The Kier molecular flexibility index (Phi) is 4.39. The number of halogens is 1. The van der Waals surface area contributed by atoms with Crippen molar-refractivity contribution in [3.63, 3.8) is 0 Å². The molecule has 0 spiro atoms. The third-order valence-electron chi connectivity index (χ3n) is 4.24. The molecule has 3 rings (SSSR count). The Bertz CT molecular complexity index is 708. The van der Waals surface area contributed by atoms with Gasteiger partial charge in [-0.3, -0.25) is 14.5 Å². The molecule has 1 amide bonds. The normalized spacial score (nSPS) is 24.5. The highest BCUT2D eigenvalue weighted by Gasteiger charge is 2.37. The Morgan fingerprint density at radius 2 is 1.96 bits per heavy atom. The fourth-order valence-electron chi connectivity index (χ4n) is 3.01. The first-order valence-electron chi connectivity index (χ1n) is 7.58. The first kappa shape index (κ1) is 16.0. The summed E-state index contributed by atoms with van der Waals surface area (Å²) in [7, 11) is 0. The lowest BCUT2D eigenvalue weighted by Crippen LogP contribution is -2.31. The second-order valence-electron chi connectivity index (χ2n) is 5.92. The molecule has 2 aliphatic rings. The molecule has 5 heteroatoms. The van der Waals surface area contributed by atoms with Crippen LogP contribution < -0.4 is 0 Å². The minimum absolute atomic E-state index is 0.0575. The second-order valence-corrected chi connectivity index (χ2v) is 6.99. The van der Waals surface area contributed by atoms with Crippen LogP contribution in [0.15, 0.2) is 47.7 Å². The van der Waals surface area contributed by atoms with E-state index in [0.29, 0.717) is 12.2 Å². The molecule has 3 nitrogen and oxygen atoms in total. The summed E-state index contributed by atoms with van der Waals surface area (Å²) in [6.45, 7) is 3.59. The van der Waals surface area contributed by atoms with Crippen molar-refractivity contribution in [2.75, 3.05) is 5.75 Å². The number of Topliss-reactive ketones (excluding diaryl/α,β-unsaturated/α-hetero) is 1. The molecule has 0 aromatic heterocycles. The van der Waals surface area contributed by atoms with Crippen LogP contribution in [0.3, 0.4) is 0 Å². The van der Waals surface area contributed by atoms with E-state index in [-0.39, 0.29) is 28.8 Å². The lowest BCUT2D eigenvalue weighted by molar-refractivity contribution is -0.126. The number of benzene rings is 1. The highest BCUT2D eigenvalue weighted by atomic mass is 32.2. The van der Waals surface area contributed by atoms with E-state index in [9.17, 15) is 14.0 Å². The molecule has 120 valence electrons. The van der Waals surface area contributed by atoms with Gasteiger partial charge in [-0.1, -0.05) is 25.1 Å². The Hall–Kier alpha value is -1.88. The van der Waals surface area contributed by atoms with Crippen LogP contribution in [0, 0.1) is 11.7 Å². The number of amides is 1. The van der Waals surface area contributed by atoms with Gasteiger partial charge < -0.3 is 0 Å². The number of carbonyl (C=O) groups excluding carboxylic acids is 2. The van der Waals surface area contributed by atoms with Crippen molar-refractivity contribution in [2.45, 2.75) is 25.6 Å². The van der Waals surface area contributed by atoms with Gasteiger partial charge in [0.15, 0.2) is 5.78 Å². The number of nitrogens with zero attached hydrogens (tertiary/aromatic N) is 1. The van der Waals surface area contributed by atoms with Gasteiger partial charge >= 0.3 is 0 Å². The summed E-state index contributed by atoms with van der Waals surface area (Å²) in [5, 5.41) is -0.135. The number of allylic oxidation sites excluding steroid dienone is 4. The number of carbonyl (C=O) groups is 2. The average Bonchev–Trinajstić information content (AvgIpc) is 2.89. The monoisotopic (exact) mass is 331 g/mol. The highest BCUT2D eigenvalue weighted by Crippen LogP contribution is 2.44. The molecule has 0 saturated carbocycles. The van der Waals surface area contributed by atoms with Crippen LogP contribution in [0.2, 0.25) is 0 Å². The zero-order chi connectivity index (χ0) is 16.6. The molecule has 0 N–H and O–H groups in total. The Morgan fingerprint density at radius 1 is 1.26 bits per heavy atom. The summed E-state index contributed by atoms with van der Waals surface area (Å²) < 4.78 is 13.1. The van der Waals surface area contributed by atoms with Crippen LogP contribution >= 0.6 is 11.8 Å². The summed E-state index contributed by atoms with van der Waals surface area (Å²) in [5.74, 6) is 0.361. The van der Waals surface area contributed by atoms with E-state index in [0.717, 1.165) is 16.8 Å². The lowest BCUT2D eigenvalue weighted by Gasteiger charge is -2.32. The van der Waals surface area contributed by atoms with E-state index in [2.05, 4.69) is 0 Å². The summed E-state index contributed by atoms with van der Waals surface area (Å²) in [5.41, 5.74) is 2.63. The zero-order valence-corrected chi connectivity index (χ0v) is 13.9. The minimum Gasteiger partial charge on any atom is -0.299 e. The van der Waals surface area contributed by atoms with E-state index < -0.39 is 0 Å². The quantitative estimate of drug-likeness (QED) is 0.844. The van der Waals surface area contributed by atoms with Crippen molar-refractivity contribution < 1.29 is 14.0 Å². The molecule has 1 aliphatic heterocycles. The van der Waals surface area contributed by atoms with Crippen LogP contribution in [-0.4, -0.2) is 22.3 Å². The van der Waals surface area contributed by atoms with Crippen LogP contribution in [0.4, 0.5) is 4.39 Å². The third-order valence-corrected chi connectivity index (χ3v) is 5.45. The minimum atomic E-state index is -0.283. The van der Waals surface area contributed by atoms with Crippen molar-refractivity contribution in [3.8, 4) is 0 Å². The Balaban J connectivity index is 1.94. The van der Waals surface area contributed by atoms with Crippen LogP contribution in [0.1, 0.15) is 31.2 Å². The van der Waals surface area contributed by atoms with Gasteiger partial charge in [-0.15, -0.1) is 11.8 Å². The average molecular weight is 331 g/mol. The molecule has 2 unspecified atom stereocenters. The van der Waals surface area contributed by atoms with Gasteiger partial charge in [-0.2, -0.15) is 0 Å². The van der Waals surface area contributed by atoms with E-state index >= 15 is 0 Å². The maximum absolute atomic E-state index is 13.1. The van der Waals surface area contributed by atoms with Gasteiger partial charge in [0.2, 0.25) is 5.91 Å². The zero-order valence-electron chi connectivity index (χ0n) is 13.1. The predicted octanol–water partition coefficient (Wildman–Crippen LogP) is 3.84. The molecule has 23 heavy (non-hydrogen) atoms. The summed E-state index contributed by atoms with van der Waals surface area (Å²) in [4.78, 5) is 25.7. The number of rotatable bonds is 3. The molecule has 1 aliphatic carbocycles. The van der Waals surface area contributed by atoms with Crippen LogP contribution in [-0.2, 0) is 9.59 Å². The van der Waals surface area contributed by atoms with Gasteiger partial charge in [0.1, 0.15) is 11.2 Å². The predicted molar refractivity (Wildman–Crippen MR) is 89.1 cm³/mol. The molecule has 1 fully saturated rings. The Labute approximate surface area is 139 Å². The third kappa shape index (κ3) is 3.11. The van der Waals surface area contributed by atoms with Gasteiger partial charge in [0.05, 0.1) is 5.75 Å². The molecule has 0 radical (unpaired) electrons. The molecule has 1 heterocycles. The molecule has 2 atom stereocenters. The molecule has 1 saturated heterocycles. The van der Waals surface area contributed by atoms with E-state index in [1.54, 1.807) is 35.7 Å². The van der Waals surface area contributed by atoms with Gasteiger partial charge in [-0.25, -0.2) is 4.39 Å². The molecule has 1 aromatic rings. The van der Waals surface area contributed by atoms with E-state index in [1.165, 1.54) is 12.1 Å². The topological polar surface area (TPSA) is 37.4 Å². The maximum atomic E-state index is 13.1.